The standard InChI is InChI=1S/C11H11FN2S/c1-8-2-3-9(4-11(8)12)13-5-10-6-15-7-14-10/h2-4,6-7,13H,5H2,1H3. The molecule has 2 rings (SSSR count). The van der Waals surface area contributed by atoms with E-state index in [1.54, 1.807) is 29.8 Å². The van der Waals surface area contributed by atoms with Crippen molar-refractivity contribution in [3.05, 3.63) is 46.2 Å². The van der Waals surface area contributed by atoms with Crippen LogP contribution in [0.2, 0.25) is 0 Å². The van der Waals surface area contributed by atoms with Crippen LogP contribution in [0, 0.1) is 12.7 Å². The molecule has 1 N–H and O–H groups in total. The van der Waals surface area contributed by atoms with Crippen LogP contribution in [0.3, 0.4) is 0 Å². The van der Waals surface area contributed by atoms with Crippen LogP contribution in [0.4, 0.5) is 10.1 Å². The Balaban J connectivity index is 2.02. The number of aromatic nitrogens is 1. The number of nitrogens with one attached hydrogen (secondary N) is 1. The molecule has 2 aromatic rings. The van der Waals surface area contributed by atoms with Gasteiger partial charge in [-0.2, -0.15) is 0 Å². The summed E-state index contributed by atoms with van der Waals surface area (Å²) >= 11 is 1.56. The number of rotatable bonds is 3. The Morgan fingerprint density at radius 1 is 1.47 bits per heavy atom. The summed E-state index contributed by atoms with van der Waals surface area (Å²) in [5.41, 5.74) is 4.20. The average Bonchev–Trinajstić information content (AvgIpc) is 2.73. The third-order valence-corrected chi connectivity index (χ3v) is 2.76. The third kappa shape index (κ3) is 2.53. The summed E-state index contributed by atoms with van der Waals surface area (Å²) < 4.78 is 13.2. The van der Waals surface area contributed by atoms with Gasteiger partial charge in [-0.3, -0.25) is 0 Å². The van der Waals surface area contributed by atoms with Crippen molar-refractivity contribution >= 4 is 17.0 Å². The van der Waals surface area contributed by atoms with E-state index in [1.165, 1.54) is 6.07 Å². The predicted molar refractivity (Wildman–Crippen MR) is 60.6 cm³/mol. The zero-order chi connectivity index (χ0) is 10.7. The first-order valence-electron chi connectivity index (χ1n) is 4.63. The zero-order valence-electron chi connectivity index (χ0n) is 8.33. The molecule has 0 atom stereocenters. The van der Waals surface area contributed by atoms with E-state index in [-0.39, 0.29) is 5.82 Å². The van der Waals surface area contributed by atoms with Gasteiger partial charge in [0.1, 0.15) is 5.82 Å². The van der Waals surface area contributed by atoms with Crippen molar-refractivity contribution in [2.75, 3.05) is 5.32 Å². The molecule has 78 valence electrons. The van der Waals surface area contributed by atoms with Gasteiger partial charge < -0.3 is 5.32 Å². The van der Waals surface area contributed by atoms with Crippen LogP contribution < -0.4 is 5.32 Å². The molecule has 2 nitrogen and oxygen atoms in total. The predicted octanol–water partition coefficient (Wildman–Crippen LogP) is 3.20. The Bertz CT molecular complexity index is 440. The van der Waals surface area contributed by atoms with Crippen molar-refractivity contribution in [2.24, 2.45) is 0 Å². The van der Waals surface area contributed by atoms with Gasteiger partial charge >= 0.3 is 0 Å². The van der Waals surface area contributed by atoms with Crippen LogP contribution in [-0.4, -0.2) is 4.98 Å². The van der Waals surface area contributed by atoms with Gasteiger partial charge in [-0.05, 0) is 24.6 Å². The molecule has 0 fully saturated rings. The summed E-state index contributed by atoms with van der Waals surface area (Å²) in [4.78, 5) is 4.13. The maximum Gasteiger partial charge on any atom is 0.128 e. The lowest BCUT2D eigenvalue weighted by atomic mass is 10.2. The molecule has 0 aliphatic heterocycles. The number of halogens is 1. The summed E-state index contributed by atoms with van der Waals surface area (Å²) in [6.45, 7) is 2.38. The van der Waals surface area contributed by atoms with Crippen LogP contribution in [0.1, 0.15) is 11.3 Å². The second-order valence-corrected chi connectivity index (χ2v) is 4.02. The van der Waals surface area contributed by atoms with Gasteiger partial charge in [-0.15, -0.1) is 11.3 Å². The number of hydrogen-bond acceptors (Lipinski definition) is 3. The van der Waals surface area contributed by atoms with Gasteiger partial charge in [0, 0.05) is 11.1 Å². The maximum absolute atomic E-state index is 13.2. The summed E-state index contributed by atoms with van der Waals surface area (Å²) in [7, 11) is 0. The first-order valence-corrected chi connectivity index (χ1v) is 5.57. The fourth-order valence-electron chi connectivity index (χ4n) is 1.22. The van der Waals surface area contributed by atoms with Gasteiger partial charge in [0.2, 0.25) is 0 Å². The SMILES string of the molecule is Cc1ccc(NCc2cscn2)cc1F. The van der Waals surface area contributed by atoms with E-state index in [0.717, 1.165) is 11.4 Å². The van der Waals surface area contributed by atoms with Gasteiger partial charge in [-0.25, -0.2) is 9.37 Å². The molecule has 0 radical (unpaired) electrons. The van der Waals surface area contributed by atoms with Crippen LogP contribution in [0.25, 0.3) is 0 Å². The minimum atomic E-state index is -0.182. The molecular formula is C11H11FN2S. The van der Waals surface area contributed by atoms with E-state index >= 15 is 0 Å². The Morgan fingerprint density at radius 2 is 2.33 bits per heavy atom. The van der Waals surface area contributed by atoms with Crippen molar-refractivity contribution in [1.82, 2.24) is 4.98 Å². The molecule has 0 aliphatic carbocycles. The molecule has 15 heavy (non-hydrogen) atoms. The number of thiazole rings is 1. The first kappa shape index (κ1) is 10.1. The van der Waals surface area contributed by atoms with E-state index in [0.29, 0.717) is 12.1 Å². The second kappa shape index (κ2) is 4.40. The molecule has 0 saturated heterocycles. The third-order valence-electron chi connectivity index (χ3n) is 2.13. The Hall–Kier alpha value is -1.42. The summed E-state index contributed by atoms with van der Waals surface area (Å²) in [6, 6.07) is 5.13. The quantitative estimate of drug-likeness (QED) is 0.862. The van der Waals surface area contributed by atoms with Crippen LogP contribution in [0.5, 0.6) is 0 Å². The van der Waals surface area contributed by atoms with Gasteiger partial charge in [0.15, 0.2) is 0 Å². The highest BCUT2D eigenvalue weighted by Crippen LogP contribution is 2.14. The zero-order valence-corrected chi connectivity index (χ0v) is 9.14. The molecule has 0 saturated carbocycles. The summed E-state index contributed by atoms with van der Waals surface area (Å²) in [5.74, 6) is -0.182. The van der Waals surface area contributed by atoms with E-state index in [2.05, 4.69) is 10.3 Å². The fourth-order valence-corrected chi connectivity index (χ4v) is 1.78. The second-order valence-electron chi connectivity index (χ2n) is 3.30. The van der Waals surface area contributed by atoms with Gasteiger partial charge in [0.25, 0.3) is 0 Å². The molecule has 0 spiro atoms. The Kier molecular flexibility index (Phi) is 2.97. The van der Waals surface area contributed by atoms with E-state index < -0.39 is 0 Å². The maximum atomic E-state index is 13.2. The highest BCUT2D eigenvalue weighted by atomic mass is 32.1. The first-order chi connectivity index (χ1) is 7.25. The monoisotopic (exact) mass is 222 g/mol. The lowest BCUT2D eigenvalue weighted by Gasteiger charge is -2.05. The molecule has 0 unspecified atom stereocenters. The summed E-state index contributed by atoms with van der Waals surface area (Å²) in [6.07, 6.45) is 0. The van der Waals surface area contributed by atoms with Crippen molar-refractivity contribution in [1.29, 1.82) is 0 Å². The van der Waals surface area contributed by atoms with E-state index in [9.17, 15) is 4.39 Å². The lowest BCUT2D eigenvalue weighted by molar-refractivity contribution is 0.619. The Morgan fingerprint density at radius 3 is 3.00 bits per heavy atom. The number of aryl methyl sites for hydroxylation is 1. The molecule has 1 heterocycles. The van der Waals surface area contributed by atoms with Crippen molar-refractivity contribution in [3.63, 3.8) is 0 Å². The molecule has 0 bridgehead atoms. The molecule has 0 aliphatic rings. The average molecular weight is 222 g/mol. The highest BCUT2D eigenvalue weighted by Gasteiger charge is 1.99. The lowest BCUT2D eigenvalue weighted by Crippen LogP contribution is -2.00. The van der Waals surface area contributed by atoms with Crippen molar-refractivity contribution in [3.8, 4) is 0 Å². The van der Waals surface area contributed by atoms with Crippen LogP contribution >= 0.6 is 11.3 Å². The fraction of sp³-hybridized carbons (Fsp3) is 0.182. The van der Waals surface area contributed by atoms with Gasteiger partial charge in [-0.1, -0.05) is 6.07 Å². The number of nitrogens with zero attached hydrogens (tertiary/aromatic N) is 1. The summed E-state index contributed by atoms with van der Waals surface area (Å²) in [5, 5.41) is 5.09. The van der Waals surface area contributed by atoms with Crippen molar-refractivity contribution in [2.45, 2.75) is 13.5 Å². The molecule has 1 aromatic heterocycles. The van der Waals surface area contributed by atoms with Crippen LogP contribution in [-0.2, 0) is 6.54 Å². The minimum Gasteiger partial charge on any atom is -0.379 e. The molecule has 4 heteroatoms. The van der Waals surface area contributed by atoms with E-state index in [4.69, 9.17) is 0 Å². The van der Waals surface area contributed by atoms with Gasteiger partial charge in [0.05, 0.1) is 17.7 Å². The number of anilines is 1. The van der Waals surface area contributed by atoms with Crippen LogP contribution in [0.15, 0.2) is 29.1 Å². The largest absolute Gasteiger partial charge is 0.379 e. The smallest absolute Gasteiger partial charge is 0.128 e. The Labute approximate surface area is 91.8 Å². The molecular weight excluding hydrogens is 211 g/mol. The van der Waals surface area contributed by atoms with E-state index in [1.807, 2.05) is 11.4 Å². The molecule has 0 amide bonds. The number of hydrogen-bond donors (Lipinski definition) is 1. The topological polar surface area (TPSA) is 24.9 Å². The minimum absolute atomic E-state index is 0.182. The molecule has 1 aromatic carbocycles. The highest BCUT2D eigenvalue weighted by molar-refractivity contribution is 7.07. The normalized spacial score (nSPS) is 10.3. The number of benzene rings is 1. The van der Waals surface area contributed by atoms with Crippen molar-refractivity contribution < 1.29 is 4.39 Å².